The molecule has 1 atom stereocenters. The van der Waals surface area contributed by atoms with Crippen LogP contribution in [0, 0.1) is 0 Å². The third-order valence-corrected chi connectivity index (χ3v) is 4.69. The fraction of sp³-hybridized carbons (Fsp3) is 0.588. The van der Waals surface area contributed by atoms with Gasteiger partial charge in [-0.25, -0.2) is 4.79 Å². The zero-order valence-electron chi connectivity index (χ0n) is 13.5. The molecule has 3 N–H and O–H groups in total. The zero-order valence-corrected chi connectivity index (χ0v) is 14.2. The quantitative estimate of drug-likeness (QED) is 0.745. The van der Waals surface area contributed by atoms with E-state index in [1.807, 2.05) is 31.2 Å². The van der Waals surface area contributed by atoms with Crippen molar-refractivity contribution in [2.75, 3.05) is 26.4 Å². The maximum Gasteiger partial charge on any atom is 0.315 e. The summed E-state index contributed by atoms with van der Waals surface area (Å²) in [6.07, 6.45) is 2.27. The molecule has 0 unspecified atom stereocenters. The van der Waals surface area contributed by atoms with Crippen LogP contribution < -0.4 is 10.6 Å². The van der Waals surface area contributed by atoms with Crippen LogP contribution in [0.5, 0.6) is 0 Å². The third kappa shape index (κ3) is 5.09. The summed E-state index contributed by atoms with van der Waals surface area (Å²) in [5.41, 5.74) is 1.05. The SMILES string of the molecule is C[C@H](CCO)NC(=O)NCC1(c2ccc(Cl)cc2)CCOCC1. The topological polar surface area (TPSA) is 70.6 Å². The van der Waals surface area contributed by atoms with Gasteiger partial charge in [-0.3, -0.25) is 0 Å². The first-order chi connectivity index (χ1) is 11.1. The Labute approximate surface area is 142 Å². The van der Waals surface area contributed by atoms with E-state index >= 15 is 0 Å². The molecule has 0 bridgehead atoms. The van der Waals surface area contributed by atoms with E-state index in [2.05, 4.69) is 10.6 Å². The minimum atomic E-state index is -0.203. The van der Waals surface area contributed by atoms with E-state index in [1.165, 1.54) is 5.56 Å². The molecule has 1 aromatic carbocycles. The number of nitrogens with one attached hydrogen (secondary N) is 2. The van der Waals surface area contributed by atoms with Gasteiger partial charge in [0.1, 0.15) is 0 Å². The van der Waals surface area contributed by atoms with Crippen LogP contribution >= 0.6 is 11.6 Å². The van der Waals surface area contributed by atoms with Gasteiger partial charge in [-0.05, 0) is 43.9 Å². The number of carbonyl (C=O) groups is 1. The first kappa shape index (κ1) is 18.0. The average Bonchev–Trinajstić information content (AvgIpc) is 2.55. The summed E-state index contributed by atoms with van der Waals surface area (Å²) in [6.45, 7) is 3.86. The van der Waals surface area contributed by atoms with Crippen LogP contribution in [0.2, 0.25) is 5.02 Å². The van der Waals surface area contributed by atoms with Gasteiger partial charge in [0.15, 0.2) is 0 Å². The lowest BCUT2D eigenvalue weighted by Gasteiger charge is -2.38. The number of ether oxygens (including phenoxy) is 1. The van der Waals surface area contributed by atoms with Crippen molar-refractivity contribution in [1.29, 1.82) is 0 Å². The first-order valence-corrected chi connectivity index (χ1v) is 8.42. The van der Waals surface area contributed by atoms with Gasteiger partial charge in [0.25, 0.3) is 0 Å². The van der Waals surface area contributed by atoms with Crippen LogP contribution in [0.4, 0.5) is 4.79 Å². The molecular formula is C17H25ClN2O3. The Balaban J connectivity index is 2.01. The largest absolute Gasteiger partial charge is 0.396 e. The van der Waals surface area contributed by atoms with E-state index in [-0.39, 0.29) is 24.1 Å². The highest BCUT2D eigenvalue weighted by Crippen LogP contribution is 2.34. The second kappa shape index (κ2) is 8.52. The summed E-state index contributed by atoms with van der Waals surface area (Å²) in [6, 6.07) is 7.57. The minimum Gasteiger partial charge on any atom is -0.396 e. The van der Waals surface area contributed by atoms with Gasteiger partial charge < -0.3 is 20.5 Å². The summed E-state index contributed by atoms with van der Waals surface area (Å²) in [4.78, 5) is 12.0. The maximum atomic E-state index is 12.0. The van der Waals surface area contributed by atoms with E-state index < -0.39 is 0 Å². The van der Waals surface area contributed by atoms with Gasteiger partial charge in [0.05, 0.1) is 0 Å². The third-order valence-electron chi connectivity index (χ3n) is 4.43. The molecule has 5 nitrogen and oxygen atoms in total. The predicted molar refractivity (Wildman–Crippen MR) is 90.9 cm³/mol. The van der Waals surface area contributed by atoms with Crippen molar-refractivity contribution in [1.82, 2.24) is 10.6 Å². The van der Waals surface area contributed by atoms with Crippen LogP contribution in [0.1, 0.15) is 31.7 Å². The molecule has 23 heavy (non-hydrogen) atoms. The van der Waals surface area contributed by atoms with E-state index in [0.717, 1.165) is 12.8 Å². The molecule has 2 amide bonds. The fourth-order valence-corrected chi connectivity index (χ4v) is 3.05. The smallest absolute Gasteiger partial charge is 0.315 e. The predicted octanol–water partition coefficient (Wildman–Crippen LogP) is 2.46. The minimum absolute atomic E-state index is 0.0545. The van der Waals surface area contributed by atoms with Crippen LogP contribution in [0.3, 0.4) is 0 Å². The number of amides is 2. The first-order valence-electron chi connectivity index (χ1n) is 8.05. The summed E-state index contributed by atoms with van der Waals surface area (Å²) in [5, 5.41) is 15.4. The summed E-state index contributed by atoms with van der Waals surface area (Å²) < 4.78 is 5.49. The van der Waals surface area contributed by atoms with Gasteiger partial charge >= 0.3 is 6.03 Å². The Bertz CT molecular complexity index is 501. The van der Waals surface area contributed by atoms with Crippen LogP contribution in [0.15, 0.2) is 24.3 Å². The highest BCUT2D eigenvalue weighted by Gasteiger charge is 2.34. The molecular weight excluding hydrogens is 316 g/mol. The summed E-state index contributed by atoms with van der Waals surface area (Å²) in [7, 11) is 0. The van der Waals surface area contributed by atoms with Crippen molar-refractivity contribution >= 4 is 17.6 Å². The van der Waals surface area contributed by atoms with Gasteiger partial charge in [-0.15, -0.1) is 0 Å². The van der Waals surface area contributed by atoms with Crippen molar-refractivity contribution < 1.29 is 14.6 Å². The maximum absolute atomic E-state index is 12.0. The molecule has 0 spiro atoms. The van der Waals surface area contributed by atoms with Crippen molar-refractivity contribution in [3.63, 3.8) is 0 Å². The molecule has 1 heterocycles. The summed E-state index contributed by atoms with van der Waals surface area (Å²) >= 11 is 5.99. The molecule has 6 heteroatoms. The number of aliphatic hydroxyl groups excluding tert-OH is 1. The Hall–Kier alpha value is -1.30. The molecule has 1 fully saturated rings. The van der Waals surface area contributed by atoms with E-state index in [1.54, 1.807) is 0 Å². The van der Waals surface area contributed by atoms with Crippen molar-refractivity contribution in [2.45, 2.75) is 37.6 Å². The molecule has 2 rings (SSSR count). The van der Waals surface area contributed by atoms with E-state index in [4.69, 9.17) is 21.4 Å². The normalized spacial score (nSPS) is 18.2. The second-order valence-corrected chi connectivity index (χ2v) is 6.58. The molecule has 0 aromatic heterocycles. The zero-order chi connectivity index (χ0) is 16.7. The molecule has 0 aliphatic carbocycles. The molecule has 1 saturated heterocycles. The molecule has 0 saturated carbocycles. The van der Waals surface area contributed by atoms with Gasteiger partial charge in [0, 0.05) is 42.8 Å². The number of carbonyl (C=O) groups excluding carboxylic acids is 1. The van der Waals surface area contributed by atoms with Crippen LogP contribution in [-0.4, -0.2) is 43.5 Å². The van der Waals surface area contributed by atoms with Crippen molar-refractivity contribution in [3.05, 3.63) is 34.9 Å². The van der Waals surface area contributed by atoms with E-state index in [9.17, 15) is 4.79 Å². The Morgan fingerprint density at radius 3 is 2.61 bits per heavy atom. The van der Waals surface area contributed by atoms with Gasteiger partial charge in [-0.2, -0.15) is 0 Å². The number of aliphatic hydroxyl groups is 1. The summed E-state index contributed by atoms with van der Waals surface area (Å²) in [5.74, 6) is 0. The second-order valence-electron chi connectivity index (χ2n) is 6.14. The van der Waals surface area contributed by atoms with Crippen LogP contribution in [0.25, 0.3) is 0 Å². The van der Waals surface area contributed by atoms with E-state index in [0.29, 0.717) is 31.2 Å². The molecule has 128 valence electrons. The molecule has 1 aromatic rings. The van der Waals surface area contributed by atoms with Crippen molar-refractivity contribution in [2.24, 2.45) is 0 Å². The molecule has 1 aliphatic rings. The number of hydrogen-bond donors (Lipinski definition) is 3. The molecule has 0 radical (unpaired) electrons. The lowest BCUT2D eigenvalue weighted by Crippen LogP contribution is -2.49. The van der Waals surface area contributed by atoms with Crippen LogP contribution in [-0.2, 0) is 10.2 Å². The number of hydrogen-bond acceptors (Lipinski definition) is 3. The standard InChI is InChI=1S/C17H25ClN2O3/c1-13(6-9-21)20-16(22)19-12-17(7-10-23-11-8-17)14-2-4-15(18)5-3-14/h2-5,13,21H,6-12H2,1H3,(H2,19,20,22)/t13-/m1/s1. The monoisotopic (exact) mass is 340 g/mol. The van der Waals surface area contributed by atoms with Gasteiger partial charge in [0.2, 0.25) is 0 Å². The Morgan fingerprint density at radius 2 is 2.00 bits per heavy atom. The Kier molecular flexibility index (Phi) is 6.69. The fourth-order valence-electron chi connectivity index (χ4n) is 2.92. The average molecular weight is 341 g/mol. The number of rotatable bonds is 6. The number of urea groups is 1. The lowest BCUT2D eigenvalue weighted by atomic mass is 9.74. The Morgan fingerprint density at radius 1 is 1.35 bits per heavy atom. The van der Waals surface area contributed by atoms with Crippen molar-refractivity contribution in [3.8, 4) is 0 Å². The molecule has 1 aliphatic heterocycles. The highest BCUT2D eigenvalue weighted by atomic mass is 35.5. The number of benzene rings is 1. The number of halogens is 1. The highest BCUT2D eigenvalue weighted by molar-refractivity contribution is 6.30. The lowest BCUT2D eigenvalue weighted by molar-refractivity contribution is 0.0506. The van der Waals surface area contributed by atoms with Gasteiger partial charge in [-0.1, -0.05) is 23.7 Å².